The lowest BCUT2D eigenvalue weighted by Crippen LogP contribution is -2.16. The second-order valence-corrected chi connectivity index (χ2v) is 6.27. The molecule has 1 heterocycles. The minimum Gasteiger partial charge on any atom is -0.618 e. The highest BCUT2D eigenvalue weighted by Crippen LogP contribution is 2.35. The summed E-state index contributed by atoms with van der Waals surface area (Å²) in [6.45, 7) is 0. The van der Waals surface area contributed by atoms with E-state index in [0.29, 0.717) is 10.3 Å². The number of nitro groups is 1. The maximum Gasteiger partial charge on any atom is 0.283 e. The van der Waals surface area contributed by atoms with Gasteiger partial charge in [-0.25, -0.2) is 0 Å². The molecule has 0 N–H and O–H groups in total. The van der Waals surface area contributed by atoms with Crippen LogP contribution >= 0.6 is 0 Å². The van der Waals surface area contributed by atoms with Crippen LogP contribution in [0.15, 0.2) is 72.8 Å². The van der Waals surface area contributed by atoms with E-state index >= 15 is 0 Å². The maximum atomic E-state index is 12.8. The topological polar surface area (TPSA) is 86.3 Å². The molecular weight excluding hydrogens is 356 g/mol. The number of fused-ring (bicyclic) bond motifs is 1. The standard InChI is InChI=1S/C22H14N2O4/c25-22-18-13-17(12-11-15-7-3-1-4-8-15)19(24(27)28)14-20(18)23(26)21(22)16-9-5-2-6-10-16/h1-14H/b12-11-. The summed E-state index contributed by atoms with van der Waals surface area (Å²) >= 11 is 0. The van der Waals surface area contributed by atoms with Crippen LogP contribution in [0.3, 0.4) is 0 Å². The Morgan fingerprint density at radius 1 is 0.893 bits per heavy atom. The Morgan fingerprint density at radius 3 is 2.18 bits per heavy atom. The minimum absolute atomic E-state index is 0.00702. The second kappa shape index (κ2) is 6.92. The number of rotatable bonds is 4. The Hall–Kier alpha value is -4.06. The van der Waals surface area contributed by atoms with Gasteiger partial charge >= 0.3 is 0 Å². The molecule has 0 unspecified atom stereocenters. The van der Waals surface area contributed by atoms with E-state index in [4.69, 9.17) is 0 Å². The number of carbonyl (C=O) groups is 1. The Morgan fingerprint density at radius 2 is 1.54 bits per heavy atom. The molecule has 28 heavy (non-hydrogen) atoms. The van der Waals surface area contributed by atoms with Crippen LogP contribution in [-0.4, -0.2) is 21.2 Å². The Labute approximate surface area is 160 Å². The lowest BCUT2D eigenvalue weighted by molar-refractivity contribution is -0.387. The molecule has 3 aromatic carbocycles. The van der Waals surface area contributed by atoms with Gasteiger partial charge < -0.3 is 5.21 Å². The number of carbonyl (C=O) groups excluding carboxylic acids is 1. The molecule has 0 saturated heterocycles. The van der Waals surface area contributed by atoms with Crippen molar-refractivity contribution in [1.82, 2.24) is 0 Å². The first-order valence-electron chi connectivity index (χ1n) is 8.56. The molecule has 0 radical (unpaired) electrons. The number of ketones is 1. The van der Waals surface area contributed by atoms with E-state index in [0.717, 1.165) is 5.56 Å². The van der Waals surface area contributed by atoms with Crippen molar-refractivity contribution in [1.29, 1.82) is 0 Å². The molecule has 0 saturated carbocycles. The summed E-state index contributed by atoms with van der Waals surface area (Å²) in [6, 6.07) is 20.4. The molecule has 0 fully saturated rings. The molecule has 4 rings (SSSR count). The van der Waals surface area contributed by atoms with Crippen molar-refractivity contribution in [3.63, 3.8) is 0 Å². The monoisotopic (exact) mass is 370 g/mol. The molecule has 3 aromatic rings. The second-order valence-electron chi connectivity index (χ2n) is 6.27. The van der Waals surface area contributed by atoms with Crippen LogP contribution < -0.4 is 0 Å². The van der Waals surface area contributed by atoms with Gasteiger partial charge in [0.2, 0.25) is 5.69 Å². The van der Waals surface area contributed by atoms with Gasteiger partial charge in [0, 0.05) is 0 Å². The van der Waals surface area contributed by atoms with Crippen LogP contribution in [0.5, 0.6) is 0 Å². The zero-order valence-corrected chi connectivity index (χ0v) is 14.6. The number of nitro benzene ring substituents is 1. The van der Waals surface area contributed by atoms with Gasteiger partial charge in [-0.05, 0) is 29.8 Å². The molecule has 1 aliphatic heterocycles. The highest BCUT2D eigenvalue weighted by atomic mass is 16.6. The fraction of sp³-hybridized carbons (Fsp3) is 0. The first kappa shape index (κ1) is 17.4. The normalized spacial score (nSPS) is 13.2. The number of nitrogens with zero attached hydrogens (tertiary/aromatic N) is 2. The molecule has 0 spiro atoms. The first-order chi connectivity index (χ1) is 13.6. The third kappa shape index (κ3) is 2.97. The fourth-order valence-electron chi connectivity index (χ4n) is 3.17. The highest BCUT2D eigenvalue weighted by molar-refractivity contribution is 6.52. The zero-order valence-electron chi connectivity index (χ0n) is 14.6. The smallest absolute Gasteiger partial charge is 0.283 e. The molecular formula is C22H14N2O4. The maximum absolute atomic E-state index is 12.8. The van der Waals surface area contributed by atoms with Gasteiger partial charge in [-0.15, -0.1) is 0 Å². The lowest BCUT2D eigenvalue weighted by Gasteiger charge is -2.03. The van der Waals surface area contributed by atoms with E-state index in [-0.39, 0.29) is 28.2 Å². The average molecular weight is 370 g/mol. The number of hydrogen-bond donors (Lipinski definition) is 0. The molecule has 136 valence electrons. The van der Waals surface area contributed by atoms with Crippen molar-refractivity contribution in [3.8, 4) is 0 Å². The van der Waals surface area contributed by atoms with Crippen molar-refractivity contribution in [2.24, 2.45) is 0 Å². The summed E-state index contributed by atoms with van der Waals surface area (Å²) in [5.41, 5.74) is 1.50. The largest absolute Gasteiger partial charge is 0.618 e. The third-order valence-electron chi connectivity index (χ3n) is 4.53. The number of Topliss-reactive ketones (excluding diaryl/α,β-unsaturated/α-hetero) is 1. The molecule has 0 aliphatic carbocycles. The summed E-state index contributed by atoms with van der Waals surface area (Å²) in [6.07, 6.45) is 3.31. The summed E-state index contributed by atoms with van der Waals surface area (Å²) < 4.78 is 0.477. The van der Waals surface area contributed by atoms with E-state index in [2.05, 4.69) is 0 Å². The molecule has 0 aromatic heterocycles. The van der Waals surface area contributed by atoms with Crippen molar-refractivity contribution < 1.29 is 14.5 Å². The Bertz CT molecular complexity index is 1150. The van der Waals surface area contributed by atoms with Gasteiger partial charge in [0.1, 0.15) is 5.56 Å². The van der Waals surface area contributed by atoms with Gasteiger partial charge in [0.05, 0.1) is 22.1 Å². The van der Waals surface area contributed by atoms with E-state index in [1.54, 1.807) is 42.5 Å². The van der Waals surface area contributed by atoms with Crippen LogP contribution in [0, 0.1) is 15.3 Å². The van der Waals surface area contributed by atoms with Crippen LogP contribution in [-0.2, 0) is 0 Å². The van der Waals surface area contributed by atoms with E-state index in [9.17, 15) is 20.1 Å². The SMILES string of the molecule is O=C1C(c2ccccc2)=[N+]([O-])c2cc([N+](=O)[O-])c(/C=C\c3ccccc3)cc21. The van der Waals surface area contributed by atoms with Gasteiger partial charge in [-0.1, -0.05) is 54.6 Å². The van der Waals surface area contributed by atoms with Crippen molar-refractivity contribution in [2.45, 2.75) is 0 Å². The van der Waals surface area contributed by atoms with Crippen LogP contribution in [0.25, 0.3) is 12.2 Å². The fourth-order valence-corrected chi connectivity index (χ4v) is 3.17. The Kier molecular flexibility index (Phi) is 4.29. The molecule has 0 atom stereocenters. The summed E-state index contributed by atoms with van der Waals surface area (Å²) in [5, 5.41) is 24.2. The number of hydrogen-bond acceptors (Lipinski definition) is 4. The van der Waals surface area contributed by atoms with E-state index < -0.39 is 10.7 Å². The van der Waals surface area contributed by atoms with E-state index in [1.165, 1.54) is 12.1 Å². The van der Waals surface area contributed by atoms with Gasteiger partial charge in [-0.2, -0.15) is 4.74 Å². The van der Waals surface area contributed by atoms with Crippen LogP contribution in [0.4, 0.5) is 11.4 Å². The van der Waals surface area contributed by atoms with Gasteiger partial charge in [0.15, 0.2) is 0 Å². The summed E-state index contributed by atoms with van der Waals surface area (Å²) in [5.74, 6) is -0.444. The van der Waals surface area contributed by atoms with Crippen molar-refractivity contribution in [3.05, 3.63) is 110 Å². The molecule has 6 heteroatoms. The van der Waals surface area contributed by atoms with Gasteiger partial charge in [0.25, 0.3) is 17.2 Å². The molecule has 0 amide bonds. The summed E-state index contributed by atoms with van der Waals surface area (Å²) in [7, 11) is 0. The zero-order chi connectivity index (χ0) is 19.7. The highest BCUT2D eigenvalue weighted by Gasteiger charge is 2.38. The van der Waals surface area contributed by atoms with Crippen molar-refractivity contribution in [2.75, 3.05) is 0 Å². The molecule has 0 bridgehead atoms. The van der Waals surface area contributed by atoms with Crippen LogP contribution in [0.2, 0.25) is 0 Å². The predicted octanol–water partition coefficient (Wildman–Crippen LogP) is 4.59. The third-order valence-corrected chi connectivity index (χ3v) is 4.53. The quantitative estimate of drug-likeness (QED) is 0.221. The molecule has 6 nitrogen and oxygen atoms in total. The van der Waals surface area contributed by atoms with Gasteiger partial charge in [-0.3, -0.25) is 14.9 Å². The van der Waals surface area contributed by atoms with Crippen LogP contribution in [0.1, 0.15) is 27.0 Å². The minimum atomic E-state index is -0.552. The lowest BCUT2D eigenvalue weighted by atomic mass is 10.00. The van der Waals surface area contributed by atoms with E-state index in [1.807, 2.05) is 30.3 Å². The molecule has 1 aliphatic rings. The number of benzene rings is 3. The predicted molar refractivity (Wildman–Crippen MR) is 107 cm³/mol. The van der Waals surface area contributed by atoms with Crippen molar-refractivity contribution >= 4 is 35.0 Å². The first-order valence-corrected chi connectivity index (χ1v) is 8.56. The Balaban J connectivity index is 1.82. The summed E-state index contributed by atoms with van der Waals surface area (Å²) in [4.78, 5) is 23.8. The average Bonchev–Trinajstić information content (AvgIpc) is 2.96.